The number of amides is 1. The number of sulfonamides is 1. The molecule has 0 aliphatic carbocycles. The maximum Gasteiger partial charge on any atom is 0.243 e. The molecule has 2 saturated heterocycles. The molecule has 1 aromatic rings. The molecule has 0 aromatic heterocycles. The largest absolute Gasteiger partial charge is 0.378 e. The standard InChI is InChI=1S/C23H36N2O5S/c1-16-17(2)19(4)23(20(5)18(16)3)31(27,28)25-11-9-24(10-12-25)22(26)8-14-29-15-21-7-6-13-30-21/h21H,6-15H2,1-5H3. The van der Waals surface area contributed by atoms with E-state index in [1.807, 2.05) is 34.6 Å². The molecule has 1 aromatic carbocycles. The Labute approximate surface area is 186 Å². The van der Waals surface area contributed by atoms with Crippen LogP contribution in [-0.2, 0) is 24.3 Å². The maximum absolute atomic E-state index is 13.4. The van der Waals surface area contributed by atoms with Gasteiger partial charge in [-0.2, -0.15) is 4.31 Å². The third-order valence-electron chi connectivity index (χ3n) is 6.91. The highest BCUT2D eigenvalue weighted by molar-refractivity contribution is 7.89. The van der Waals surface area contributed by atoms with Gasteiger partial charge in [-0.15, -0.1) is 0 Å². The van der Waals surface area contributed by atoms with E-state index in [0.717, 1.165) is 47.3 Å². The number of nitrogens with zero attached hydrogens (tertiary/aromatic N) is 2. The van der Waals surface area contributed by atoms with Crippen molar-refractivity contribution in [3.05, 3.63) is 27.8 Å². The number of hydrogen-bond donors (Lipinski definition) is 0. The molecule has 0 bridgehead atoms. The number of ether oxygens (including phenoxy) is 2. The number of carbonyl (C=O) groups is 1. The quantitative estimate of drug-likeness (QED) is 0.595. The zero-order valence-corrected chi connectivity index (χ0v) is 20.3. The summed E-state index contributed by atoms with van der Waals surface area (Å²) in [5, 5.41) is 0. The van der Waals surface area contributed by atoms with Crippen LogP contribution in [0, 0.1) is 34.6 Å². The van der Waals surface area contributed by atoms with Crippen LogP contribution in [0.5, 0.6) is 0 Å². The molecule has 3 rings (SSSR count). The summed E-state index contributed by atoms with van der Waals surface area (Å²) in [5.41, 5.74) is 4.84. The van der Waals surface area contributed by atoms with Crippen molar-refractivity contribution in [1.29, 1.82) is 0 Å². The first-order valence-electron chi connectivity index (χ1n) is 11.2. The average molecular weight is 453 g/mol. The molecule has 0 radical (unpaired) electrons. The minimum atomic E-state index is -3.61. The fraction of sp³-hybridized carbons (Fsp3) is 0.696. The molecular weight excluding hydrogens is 416 g/mol. The van der Waals surface area contributed by atoms with Gasteiger partial charge < -0.3 is 14.4 Å². The van der Waals surface area contributed by atoms with Crippen molar-refractivity contribution in [3.63, 3.8) is 0 Å². The first-order chi connectivity index (χ1) is 14.6. The second kappa shape index (κ2) is 9.98. The van der Waals surface area contributed by atoms with Crippen LogP contribution in [0.25, 0.3) is 0 Å². The predicted molar refractivity (Wildman–Crippen MR) is 120 cm³/mol. The molecule has 174 valence electrons. The van der Waals surface area contributed by atoms with Gasteiger partial charge in [-0.05, 0) is 75.3 Å². The summed E-state index contributed by atoms with van der Waals surface area (Å²) in [4.78, 5) is 14.7. The summed E-state index contributed by atoms with van der Waals surface area (Å²) >= 11 is 0. The van der Waals surface area contributed by atoms with Crippen molar-refractivity contribution in [3.8, 4) is 0 Å². The summed E-state index contributed by atoms with van der Waals surface area (Å²) in [5.74, 6) is 0.0128. The number of benzene rings is 1. The fourth-order valence-corrected chi connectivity index (χ4v) is 6.45. The Bertz CT molecular complexity index is 885. The van der Waals surface area contributed by atoms with E-state index in [0.29, 0.717) is 50.7 Å². The van der Waals surface area contributed by atoms with E-state index >= 15 is 0 Å². The summed E-state index contributed by atoms with van der Waals surface area (Å²) in [6, 6.07) is 0. The maximum atomic E-state index is 13.4. The minimum absolute atomic E-state index is 0.0128. The molecule has 2 aliphatic rings. The van der Waals surface area contributed by atoms with Gasteiger partial charge in [-0.1, -0.05) is 0 Å². The topological polar surface area (TPSA) is 76.2 Å². The van der Waals surface area contributed by atoms with Crippen LogP contribution in [0.1, 0.15) is 47.1 Å². The summed E-state index contributed by atoms with van der Waals surface area (Å²) in [6.45, 7) is 12.9. The SMILES string of the molecule is Cc1c(C)c(C)c(S(=O)(=O)N2CCN(C(=O)CCOCC3CCCO3)CC2)c(C)c1C. The van der Waals surface area contributed by atoms with Gasteiger partial charge in [0.15, 0.2) is 0 Å². The Hall–Kier alpha value is -1.48. The molecule has 7 nitrogen and oxygen atoms in total. The highest BCUT2D eigenvalue weighted by Crippen LogP contribution is 2.32. The van der Waals surface area contributed by atoms with Crippen molar-refractivity contribution in [2.75, 3.05) is 46.0 Å². The van der Waals surface area contributed by atoms with E-state index in [1.165, 1.54) is 4.31 Å². The zero-order chi connectivity index (χ0) is 22.8. The fourth-order valence-electron chi connectivity index (χ4n) is 4.47. The number of hydrogen-bond acceptors (Lipinski definition) is 5. The van der Waals surface area contributed by atoms with Gasteiger partial charge in [0.2, 0.25) is 15.9 Å². The Morgan fingerprint density at radius 1 is 0.968 bits per heavy atom. The monoisotopic (exact) mass is 452 g/mol. The first kappa shape index (κ1) is 24.2. The van der Waals surface area contributed by atoms with Crippen molar-refractivity contribution in [2.45, 2.75) is 64.9 Å². The molecular formula is C23H36N2O5S. The lowest BCUT2D eigenvalue weighted by Gasteiger charge is -2.35. The highest BCUT2D eigenvalue weighted by atomic mass is 32.2. The predicted octanol–water partition coefficient (Wildman–Crippen LogP) is 2.65. The summed E-state index contributed by atoms with van der Waals surface area (Å²) in [7, 11) is -3.61. The Morgan fingerprint density at radius 2 is 1.55 bits per heavy atom. The average Bonchev–Trinajstić information content (AvgIpc) is 3.27. The van der Waals surface area contributed by atoms with Crippen LogP contribution in [0.15, 0.2) is 4.90 Å². The van der Waals surface area contributed by atoms with E-state index in [-0.39, 0.29) is 12.0 Å². The molecule has 0 saturated carbocycles. The second-order valence-corrected chi connectivity index (χ2v) is 10.6. The summed E-state index contributed by atoms with van der Waals surface area (Å²) < 4.78 is 39.5. The minimum Gasteiger partial charge on any atom is -0.378 e. The van der Waals surface area contributed by atoms with Crippen molar-refractivity contribution in [1.82, 2.24) is 9.21 Å². The molecule has 2 heterocycles. The van der Waals surface area contributed by atoms with E-state index in [1.54, 1.807) is 4.90 Å². The number of piperazine rings is 1. The molecule has 0 N–H and O–H groups in total. The third-order valence-corrected chi connectivity index (χ3v) is 9.08. The van der Waals surface area contributed by atoms with Gasteiger partial charge >= 0.3 is 0 Å². The Morgan fingerprint density at radius 3 is 2.10 bits per heavy atom. The number of carbonyl (C=O) groups excluding carboxylic acids is 1. The zero-order valence-electron chi connectivity index (χ0n) is 19.5. The van der Waals surface area contributed by atoms with Gasteiger partial charge in [-0.3, -0.25) is 4.79 Å². The van der Waals surface area contributed by atoms with E-state index < -0.39 is 10.0 Å². The summed E-state index contributed by atoms with van der Waals surface area (Å²) in [6.07, 6.45) is 2.56. The lowest BCUT2D eigenvalue weighted by atomic mass is 9.95. The van der Waals surface area contributed by atoms with Gasteiger partial charge in [0.05, 0.1) is 30.6 Å². The smallest absolute Gasteiger partial charge is 0.243 e. The molecule has 31 heavy (non-hydrogen) atoms. The molecule has 2 aliphatic heterocycles. The van der Waals surface area contributed by atoms with Crippen LogP contribution < -0.4 is 0 Å². The lowest BCUT2D eigenvalue weighted by molar-refractivity contribution is -0.133. The van der Waals surface area contributed by atoms with Crippen LogP contribution in [0.2, 0.25) is 0 Å². The van der Waals surface area contributed by atoms with Gasteiger partial charge in [0.1, 0.15) is 0 Å². The molecule has 1 amide bonds. The van der Waals surface area contributed by atoms with Crippen LogP contribution in [0.3, 0.4) is 0 Å². The molecule has 1 atom stereocenters. The van der Waals surface area contributed by atoms with Crippen molar-refractivity contribution >= 4 is 15.9 Å². The van der Waals surface area contributed by atoms with E-state index in [4.69, 9.17) is 9.47 Å². The lowest BCUT2D eigenvalue weighted by Crippen LogP contribution is -2.50. The normalized spacial score (nSPS) is 20.4. The van der Waals surface area contributed by atoms with Crippen LogP contribution in [-0.4, -0.2) is 75.6 Å². The third kappa shape index (κ3) is 5.13. The van der Waals surface area contributed by atoms with E-state index in [2.05, 4.69) is 0 Å². The second-order valence-electron chi connectivity index (χ2n) is 8.70. The van der Waals surface area contributed by atoms with Gasteiger partial charge in [-0.25, -0.2) is 8.42 Å². The van der Waals surface area contributed by atoms with Crippen molar-refractivity contribution in [2.24, 2.45) is 0 Å². The van der Waals surface area contributed by atoms with Crippen LogP contribution >= 0.6 is 0 Å². The van der Waals surface area contributed by atoms with Crippen molar-refractivity contribution < 1.29 is 22.7 Å². The van der Waals surface area contributed by atoms with Crippen LogP contribution in [0.4, 0.5) is 0 Å². The molecule has 2 fully saturated rings. The van der Waals surface area contributed by atoms with Gasteiger partial charge in [0.25, 0.3) is 0 Å². The number of rotatable bonds is 7. The Balaban J connectivity index is 1.57. The van der Waals surface area contributed by atoms with E-state index in [9.17, 15) is 13.2 Å². The molecule has 8 heteroatoms. The molecule has 0 spiro atoms. The van der Waals surface area contributed by atoms with Gasteiger partial charge in [0, 0.05) is 32.8 Å². The first-order valence-corrected chi connectivity index (χ1v) is 12.6. The Kier molecular flexibility index (Phi) is 7.78. The highest BCUT2D eigenvalue weighted by Gasteiger charge is 2.33. The molecule has 1 unspecified atom stereocenters.